The molecule has 0 aromatic heterocycles. The van der Waals surface area contributed by atoms with E-state index in [1.165, 1.54) is 11.1 Å². The second-order valence-electron chi connectivity index (χ2n) is 5.47. The van der Waals surface area contributed by atoms with E-state index in [0.29, 0.717) is 6.04 Å². The second kappa shape index (κ2) is 7.62. The summed E-state index contributed by atoms with van der Waals surface area (Å²) in [5, 5.41) is 3.54. The topological polar surface area (TPSA) is 21.3 Å². The minimum atomic E-state index is 0.204. The van der Waals surface area contributed by atoms with Crippen molar-refractivity contribution in [2.45, 2.75) is 39.5 Å². The van der Waals surface area contributed by atoms with Crippen LogP contribution in [-0.2, 0) is 6.54 Å². The molecule has 112 valence electrons. The summed E-state index contributed by atoms with van der Waals surface area (Å²) in [4.78, 5) is 0. The number of nitrogens with one attached hydrogen (secondary N) is 1. The van der Waals surface area contributed by atoms with Crippen molar-refractivity contribution in [3.8, 4) is 5.75 Å². The summed E-state index contributed by atoms with van der Waals surface area (Å²) in [6.45, 7) is 7.09. The Labute approximate surface area is 135 Å². The van der Waals surface area contributed by atoms with Crippen LogP contribution in [0.3, 0.4) is 0 Å². The zero-order valence-corrected chi connectivity index (χ0v) is 14.4. The molecule has 1 N–H and O–H groups in total. The smallest absolute Gasteiger partial charge is 0.120 e. The van der Waals surface area contributed by atoms with Crippen LogP contribution in [0.2, 0.25) is 0 Å². The Morgan fingerprint density at radius 1 is 1.05 bits per heavy atom. The van der Waals surface area contributed by atoms with Gasteiger partial charge in [-0.05, 0) is 56.2 Å². The van der Waals surface area contributed by atoms with Crippen molar-refractivity contribution in [2.75, 3.05) is 0 Å². The summed E-state index contributed by atoms with van der Waals surface area (Å²) in [5.41, 5.74) is 2.52. The van der Waals surface area contributed by atoms with Gasteiger partial charge in [0.05, 0.1) is 6.10 Å². The molecule has 0 unspecified atom stereocenters. The first kappa shape index (κ1) is 16.1. The highest BCUT2D eigenvalue weighted by Crippen LogP contribution is 2.18. The van der Waals surface area contributed by atoms with E-state index in [0.717, 1.165) is 16.8 Å². The maximum atomic E-state index is 5.73. The summed E-state index contributed by atoms with van der Waals surface area (Å²) >= 11 is 3.46. The lowest BCUT2D eigenvalue weighted by Crippen LogP contribution is -2.18. The van der Waals surface area contributed by atoms with Crippen LogP contribution in [-0.4, -0.2) is 6.10 Å². The van der Waals surface area contributed by atoms with Crippen LogP contribution in [0.5, 0.6) is 5.75 Å². The van der Waals surface area contributed by atoms with Gasteiger partial charge in [-0.1, -0.05) is 40.2 Å². The molecule has 0 amide bonds. The van der Waals surface area contributed by atoms with Gasteiger partial charge in [0.15, 0.2) is 0 Å². The summed E-state index contributed by atoms with van der Waals surface area (Å²) in [6, 6.07) is 17.0. The highest BCUT2D eigenvalue weighted by Gasteiger charge is 2.05. The molecule has 2 aromatic carbocycles. The highest BCUT2D eigenvalue weighted by molar-refractivity contribution is 9.10. The first-order valence-corrected chi connectivity index (χ1v) is 8.08. The standard InChI is InChI=1S/C18H22BrNO/c1-13(2)21-18-6-4-5-15(11-18)12-20-14(3)16-7-9-17(19)10-8-16/h4-11,13-14,20H,12H2,1-3H3/t14-/m0/s1. The van der Waals surface area contributed by atoms with Crippen molar-refractivity contribution in [2.24, 2.45) is 0 Å². The molecular formula is C18H22BrNO. The SMILES string of the molecule is CC(C)Oc1cccc(CN[C@@H](C)c2ccc(Br)cc2)c1. The quantitative estimate of drug-likeness (QED) is 0.785. The summed E-state index contributed by atoms with van der Waals surface area (Å²) < 4.78 is 6.83. The van der Waals surface area contributed by atoms with Gasteiger partial charge < -0.3 is 10.1 Å². The van der Waals surface area contributed by atoms with Crippen LogP contribution < -0.4 is 10.1 Å². The predicted octanol–water partition coefficient (Wildman–Crippen LogP) is 5.09. The predicted molar refractivity (Wildman–Crippen MR) is 91.6 cm³/mol. The van der Waals surface area contributed by atoms with Gasteiger partial charge in [0.25, 0.3) is 0 Å². The monoisotopic (exact) mass is 347 g/mol. The van der Waals surface area contributed by atoms with E-state index in [2.05, 4.69) is 64.6 Å². The maximum Gasteiger partial charge on any atom is 0.120 e. The fourth-order valence-electron chi connectivity index (χ4n) is 2.14. The van der Waals surface area contributed by atoms with Gasteiger partial charge in [-0.2, -0.15) is 0 Å². The average molecular weight is 348 g/mol. The van der Waals surface area contributed by atoms with Crippen molar-refractivity contribution >= 4 is 15.9 Å². The van der Waals surface area contributed by atoms with E-state index >= 15 is 0 Å². The molecule has 1 atom stereocenters. The molecule has 0 aliphatic rings. The maximum absolute atomic E-state index is 5.73. The average Bonchev–Trinajstić information content (AvgIpc) is 2.45. The Morgan fingerprint density at radius 2 is 1.76 bits per heavy atom. The molecule has 0 heterocycles. The van der Waals surface area contributed by atoms with E-state index in [-0.39, 0.29) is 6.10 Å². The van der Waals surface area contributed by atoms with Crippen LogP contribution in [0.4, 0.5) is 0 Å². The molecule has 0 saturated heterocycles. The van der Waals surface area contributed by atoms with Gasteiger partial charge in [0.1, 0.15) is 5.75 Å². The summed E-state index contributed by atoms with van der Waals surface area (Å²) in [5.74, 6) is 0.931. The van der Waals surface area contributed by atoms with Crippen LogP contribution in [0.25, 0.3) is 0 Å². The Balaban J connectivity index is 1.94. The zero-order valence-electron chi connectivity index (χ0n) is 12.8. The van der Waals surface area contributed by atoms with Gasteiger partial charge >= 0.3 is 0 Å². The van der Waals surface area contributed by atoms with E-state index in [9.17, 15) is 0 Å². The molecule has 3 heteroatoms. The fraction of sp³-hybridized carbons (Fsp3) is 0.333. The minimum Gasteiger partial charge on any atom is -0.491 e. The third kappa shape index (κ3) is 5.18. The molecule has 0 aliphatic carbocycles. The molecule has 2 rings (SSSR count). The lowest BCUT2D eigenvalue weighted by molar-refractivity contribution is 0.242. The Hall–Kier alpha value is -1.32. The number of halogens is 1. The van der Waals surface area contributed by atoms with E-state index < -0.39 is 0 Å². The van der Waals surface area contributed by atoms with E-state index in [1.54, 1.807) is 0 Å². The molecule has 0 bridgehead atoms. The van der Waals surface area contributed by atoms with Crippen molar-refractivity contribution in [1.29, 1.82) is 0 Å². The molecule has 2 aromatic rings. The first-order chi connectivity index (χ1) is 10.0. The molecule has 2 nitrogen and oxygen atoms in total. The molecule has 0 aliphatic heterocycles. The van der Waals surface area contributed by atoms with Crippen LogP contribution in [0, 0.1) is 0 Å². The lowest BCUT2D eigenvalue weighted by atomic mass is 10.1. The van der Waals surface area contributed by atoms with Crippen molar-refractivity contribution in [3.63, 3.8) is 0 Å². The molecule has 0 radical (unpaired) electrons. The molecule has 0 spiro atoms. The Bertz CT molecular complexity index is 566. The third-order valence-corrected chi connectivity index (χ3v) is 3.78. The third-order valence-electron chi connectivity index (χ3n) is 3.25. The fourth-order valence-corrected chi connectivity index (χ4v) is 2.41. The summed E-state index contributed by atoms with van der Waals surface area (Å²) in [7, 11) is 0. The summed E-state index contributed by atoms with van der Waals surface area (Å²) in [6.07, 6.45) is 0.204. The number of benzene rings is 2. The Kier molecular flexibility index (Phi) is 5.83. The van der Waals surface area contributed by atoms with Crippen LogP contribution in [0.1, 0.15) is 37.9 Å². The van der Waals surface area contributed by atoms with Gasteiger partial charge in [-0.15, -0.1) is 0 Å². The highest BCUT2D eigenvalue weighted by atomic mass is 79.9. The van der Waals surface area contributed by atoms with E-state index in [1.807, 2.05) is 26.0 Å². The number of hydrogen-bond donors (Lipinski definition) is 1. The van der Waals surface area contributed by atoms with Gasteiger partial charge in [-0.25, -0.2) is 0 Å². The molecule has 21 heavy (non-hydrogen) atoms. The van der Waals surface area contributed by atoms with Crippen molar-refractivity contribution in [1.82, 2.24) is 5.32 Å². The largest absolute Gasteiger partial charge is 0.491 e. The number of rotatable bonds is 6. The van der Waals surface area contributed by atoms with Gasteiger partial charge in [0.2, 0.25) is 0 Å². The number of ether oxygens (including phenoxy) is 1. The molecule has 0 fully saturated rings. The van der Waals surface area contributed by atoms with E-state index in [4.69, 9.17) is 4.74 Å². The van der Waals surface area contributed by atoms with Gasteiger partial charge in [-0.3, -0.25) is 0 Å². The Morgan fingerprint density at radius 3 is 2.43 bits per heavy atom. The zero-order chi connectivity index (χ0) is 15.2. The minimum absolute atomic E-state index is 0.204. The first-order valence-electron chi connectivity index (χ1n) is 7.29. The second-order valence-corrected chi connectivity index (χ2v) is 6.38. The lowest BCUT2D eigenvalue weighted by Gasteiger charge is -2.15. The number of hydrogen-bond acceptors (Lipinski definition) is 2. The van der Waals surface area contributed by atoms with Crippen LogP contribution >= 0.6 is 15.9 Å². The van der Waals surface area contributed by atoms with Gasteiger partial charge in [0, 0.05) is 17.1 Å². The van der Waals surface area contributed by atoms with Crippen LogP contribution in [0.15, 0.2) is 53.0 Å². The molecule has 0 saturated carbocycles. The van der Waals surface area contributed by atoms with Crippen molar-refractivity contribution < 1.29 is 4.74 Å². The molecular weight excluding hydrogens is 326 g/mol. The van der Waals surface area contributed by atoms with Crippen molar-refractivity contribution in [3.05, 3.63) is 64.1 Å². The normalized spacial score (nSPS) is 12.4.